The van der Waals surface area contributed by atoms with Gasteiger partial charge >= 0.3 is 0 Å². The Bertz CT molecular complexity index is 980. The second kappa shape index (κ2) is 9.19. The van der Waals surface area contributed by atoms with E-state index in [0.717, 1.165) is 5.56 Å². The van der Waals surface area contributed by atoms with Crippen molar-refractivity contribution in [1.29, 1.82) is 0 Å². The molecule has 0 aliphatic carbocycles. The lowest BCUT2D eigenvalue weighted by Crippen LogP contribution is -2.12. The van der Waals surface area contributed by atoms with Crippen LogP contribution in [0.1, 0.15) is 15.9 Å². The first-order valence-corrected chi connectivity index (χ1v) is 8.74. The van der Waals surface area contributed by atoms with E-state index >= 15 is 0 Å². The second-order valence-electron chi connectivity index (χ2n) is 5.96. The maximum Gasteiger partial charge on any atom is 0.255 e. The summed E-state index contributed by atoms with van der Waals surface area (Å²) in [5, 5.41) is 5.60. The number of carbonyl (C=O) groups excluding carboxylic acids is 2. The minimum absolute atomic E-state index is 0.183. The van der Waals surface area contributed by atoms with Crippen LogP contribution < -0.4 is 15.4 Å². The van der Waals surface area contributed by atoms with Crippen LogP contribution in [0.25, 0.3) is 6.08 Å². The van der Waals surface area contributed by atoms with Gasteiger partial charge in [-0.15, -0.1) is 0 Å². The van der Waals surface area contributed by atoms with E-state index in [2.05, 4.69) is 10.6 Å². The van der Waals surface area contributed by atoms with E-state index in [9.17, 15) is 9.59 Å². The molecule has 5 nitrogen and oxygen atoms in total. The molecular formula is C23H20N2O3. The Labute approximate surface area is 163 Å². The van der Waals surface area contributed by atoms with Gasteiger partial charge in [-0.3, -0.25) is 9.59 Å². The molecular weight excluding hydrogens is 352 g/mol. The second-order valence-corrected chi connectivity index (χ2v) is 5.96. The molecule has 3 aromatic rings. The third-order valence-corrected chi connectivity index (χ3v) is 4.00. The first-order chi connectivity index (χ1) is 13.7. The van der Waals surface area contributed by atoms with Crippen LogP contribution in [-0.4, -0.2) is 18.9 Å². The highest BCUT2D eigenvalue weighted by Crippen LogP contribution is 2.19. The maximum absolute atomic E-state index is 12.1. The van der Waals surface area contributed by atoms with Crippen LogP contribution in [0.15, 0.2) is 84.9 Å². The smallest absolute Gasteiger partial charge is 0.255 e. The zero-order valence-electron chi connectivity index (χ0n) is 15.4. The van der Waals surface area contributed by atoms with Crippen molar-refractivity contribution in [2.24, 2.45) is 0 Å². The molecule has 0 spiro atoms. The molecule has 3 aromatic carbocycles. The van der Waals surface area contributed by atoms with Gasteiger partial charge in [0.1, 0.15) is 5.75 Å². The average molecular weight is 372 g/mol. The fourth-order valence-corrected chi connectivity index (χ4v) is 2.58. The van der Waals surface area contributed by atoms with Crippen molar-refractivity contribution in [3.05, 3.63) is 96.1 Å². The van der Waals surface area contributed by atoms with E-state index in [4.69, 9.17) is 4.74 Å². The minimum Gasteiger partial charge on any atom is -0.496 e. The molecule has 0 radical (unpaired) electrons. The van der Waals surface area contributed by atoms with Crippen LogP contribution in [-0.2, 0) is 4.79 Å². The van der Waals surface area contributed by atoms with Crippen molar-refractivity contribution in [1.82, 2.24) is 0 Å². The SMILES string of the molecule is COc1ccccc1/C=C/C(=O)Nc1ccc(NC(=O)c2ccccc2)cc1. The van der Waals surface area contributed by atoms with Gasteiger partial charge in [0.2, 0.25) is 5.91 Å². The summed E-state index contributed by atoms with van der Waals surface area (Å²) in [6.45, 7) is 0. The lowest BCUT2D eigenvalue weighted by Gasteiger charge is -2.07. The summed E-state index contributed by atoms with van der Waals surface area (Å²) in [5.74, 6) is 0.258. The van der Waals surface area contributed by atoms with E-state index in [1.54, 1.807) is 49.6 Å². The third kappa shape index (κ3) is 5.08. The van der Waals surface area contributed by atoms with Crippen LogP contribution in [0.3, 0.4) is 0 Å². The van der Waals surface area contributed by atoms with Gasteiger partial charge in [-0.1, -0.05) is 36.4 Å². The molecule has 140 valence electrons. The van der Waals surface area contributed by atoms with Gasteiger partial charge in [0.05, 0.1) is 7.11 Å². The number of hydrogen-bond acceptors (Lipinski definition) is 3. The van der Waals surface area contributed by atoms with E-state index in [-0.39, 0.29) is 11.8 Å². The summed E-state index contributed by atoms with van der Waals surface area (Å²) >= 11 is 0. The van der Waals surface area contributed by atoms with E-state index in [0.29, 0.717) is 22.7 Å². The average Bonchev–Trinajstić information content (AvgIpc) is 2.74. The number of para-hydroxylation sites is 1. The Morgan fingerprint density at radius 1 is 0.786 bits per heavy atom. The van der Waals surface area contributed by atoms with E-state index in [1.165, 1.54) is 6.08 Å². The summed E-state index contributed by atoms with van der Waals surface area (Å²) in [5.41, 5.74) is 2.68. The zero-order chi connectivity index (χ0) is 19.8. The zero-order valence-corrected chi connectivity index (χ0v) is 15.4. The molecule has 0 atom stereocenters. The van der Waals surface area contributed by atoms with Crippen LogP contribution in [0.4, 0.5) is 11.4 Å². The quantitative estimate of drug-likeness (QED) is 0.622. The van der Waals surface area contributed by atoms with Gasteiger partial charge in [-0.05, 0) is 48.5 Å². The summed E-state index contributed by atoms with van der Waals surface area (Å²) in [7, 11) is 1.59. The molecule has 5 heteroatoms. The maximum atomic E-state index is 12.1. The molecule has 0 fully saturated rings. The lowest BCUT2D eigenvalue weighted by atomic mass is 10.2. The summed E-state index contributed by atoms with van der Waals surface area (Å²) in [6.07, 6.45) is 3.14. The number of carbonyl (C=O) groups is 2. The largest absolute Gasteiger partial charge is 0.496 e. The normalized spacial score (nSPS) is 10.5. The van der Waals surface area contributed by atoms with Crippen LogP contribution in [0, 0.1) is 0 Å². The van der Waals surface area contributed by atoms with Crippen molar-refractivity contribution in [2.45, 2.75) is 0 Å². The Hall–Kier alpha value is -3.86. The van der Waals surface area contributed by atoms with Crippen molar-refractivity contribution in [3.8, 4) is 5.75 Å². The van der Waals surface area contributed by atoms with Crippen molar-refractivity contribution in [2.75, 3.05) is 17.7 Å². The van der Waals surface area contributed by atoms with E-state index in [1.807, 2.05) is 42.5 Å². The predicted molar refractivity (Wildman–Crippen MR) is 111 cm³/mol. The summed E-state index contributed by atoms with van der Waals surface area (Å²) in [4.78, 5) is 24.3. The first-order valence-electron chi connectivity index (χ1n) is 8.74. The molecule has 0 aliphatic heterocycles. The van der Waals surface area contributed by atoms with E-state index < -0.39 is 0 Å². The van der Waals surface area contributed by atoms with Gasteiger partial charge in [0.25, 0.3) is 5.91 Å². The predicted octanol–water partition coefficient (Wildman–Crippen LogP) is 4.60. The highest BCUT2D eigenvalue weighted by atomic mass is 16.5. The molecule has 28 heavy (non-hydrogen) atoms. The first kappa shape index (κ1) is 18.9. The minimum atomic E-state index is -0.257. The monoisotopic (exact) mass is 372 g/mol. The topological polar surface area (TPSA) is 67.4 Å². The lowest BCUT2D eigenvalue weighted by molar-refractivity contribution is -0.111. The number of amides is 2. The van der Waals surface area contributed by atoms with Gasteiger partial charge < -0.3 is 15.4 Å². The molecule has 0 saturated heterocycles. The van der Waals surface area contributed by atoms with Gasteiger partial charge in [-0.2, -0.15) is 0 Å². The van der Waals surface area contributed by atoms with Crippen molar-refractivity contribution >= 4 is 29.3 Å². The molecule has 0 aliphatic rings. The molecule has 0 unspecified atom stereocenters. The molecule has 0 heterocycles. The number of nitrogens with one attached hydrogen (secondary N) is 2. The number of methoxy groups -OCH3 is 1. The van der Waals surface area contributed by atoms with Crippen LogP contribution in [0.5, 0.6) is 5.75 Å². The highest BCUT2D eigenvalue weighted by Gasteiger charge is 2.05. The molecule has 3 rings (SSSR count). The van der Waals surface area contributed by atoms with Gasteiger partial charge in [-0.25, -0.2) is 0 Å². The fraction of sp³-hybridized carbons (Fsp3) is 0.0435. The Morgan fingerprint density at radius 3 is 2.07 bits per heavy atom. The van der Waals surface area contributed by atoms with Crippen LogP contribution in [0.2, 0.25) is 0 Å². The highest BCUT2D eigenvalue weighted by molar-refractivity contribution is 6.05. The van der Waals surface area contributed by atoms with Crippen molar-refractivity contribution < 1.29 is 14.3 Å². The Balaban J connectivity index is 1.58. The summed E-state index contributed by atoms with van der Waals surface area (Å²) < 4.78 is 5.26. The van der Waals surface area contributed by atoms with Gasteiger partial charge in [0.15, 0.2) is 0 Å². The molecule has 0 saturated carbocycles. The number of hydrogen-bond donors (Lipinski definition) is 2. The number of anilines is 2. The molecule has 2 N–H and O–H groups in total. The molecule has 2 amide bonds. The summed E-state index contributed by atoms with van der Waals surface area (Å²) in [6, 6.07) is 23.4. The number of ether oxygens (including phenoxy) is 1. The van der Waals surface area contributed by atoms with Gasteiger partial charge in [0, 0.05) is 28.6 Å². The number of rotatable bonds is 6. The Morgan fingerprint density at radius 2 is 1.39 bits per heavy atom. The standard InChI is InChI=1S/C23H20N2O3/c1-28-21-10-6-5-7-17(21)11-16-22(26)24-19-12-14-20(15-13-19)25-23(27)18-8-3-2-4-9-18/h2-16H,1H3,(H,24,26)(H,25,27)/b16-11+. The third-order valence-electron chi connectivity index (χ3n) is 4.00. The fourth-order valence-electron chi connectivity index (χ4n) is 2.58. The number of benzene rings is 3. The van der Waals surface area contributed by atoms with Crippen LogP contribution >= 0.6 is 0 Å². The van der Waals surface area contributed by atoms with Crippen molar-refractivity contribution in [3.63, 3.8) is 0 Å². The molecule has 0 aromatic heterocycles. The Kier molecular flexibility index (Phi) is 6.21. The molecule has 0 bridgehead atoms.